The first-order valence-corrected chi connectivity index (χ1v) is 7.78. The molecule has 0 saturated heterocycles. The molecule has 4 nitrogen and oxygen atoms in total. The van der Waals surface area contributed by atoms with Gasteiger partial charge in [-0.3, -0.25) is 4.79 Å². The number of rotatable bonds is 3. The predicted molar refractivity (Wildman–Crippen MR) is 85.9 cm³/mol. The number of hydrogen-bond donors (Lipinski definition) is 1. The summed E-state index contributed by atoms with van der Waals surface area (Å²) in [4.78, 5) is 15.2. The molecular weight excluding hydrogens is 409 g/mol. The van der Waals surface area contributed by atoms with Crippen molar-refractivity contribution in [1.29, 1.82) is 0 Å². The van der Waals surface area contributed by atoms with Gasteiger partial charge in [-0.1, -0.05) is 0 Å². The molecule has 0 spiro atoms. The minimum Gasteiger partial charge on any atom is -0.438 e. The number of carbonyl (C=O) groups excluding carboxylic acids is 1. The van der Waals surface area contributed by atoms with Crippen LogP contribution >= 0.6 is 0 Å². The van der Waals surface area contributed by atoms with Crippen LogP contribution in [0.15, 0.2) is 34.7 Å². The maximum absolute atomic E-state index is 14.4. The summed E-state index contributed by atoms with van der Waals surface area (Å²) in [7, 11) is 0. The summed E-state index contributed by atoms with van der Waals surface area (Å²) in [6.07, 6.45) is -4.86. The van der Waals surface area contributed by atoms with E-state index in [1.807, 2.05) is 5.32 Å². The summed E-state index contributed by atoms with van der Waals surface area (Å²) in [6.45, 7) is 1.16. The fraction of sp³-hybridized carbons (Fsp3) is 0.111. The first kappa shape index (κ1) is 20.4. The van der Waals surface area contributed by atoms with Crippen molar-refractivity contribution in [2.24, 2.45) is 0 Å². The molecule has 11 heteroatoms. The fourth-order valence-electron chi connectivity index (χ4n) is 2.51. The molecule has 152 valence electrons. The summed E-state index contributed by atoms with van der Waals surface area (Å²) < 4.78 is 97.1. The van der Waals surface area contributed by atoms with E-state index in [1.54, 1.807) is 0 Å². The second-order valence-corrected chi connectivity index (χ2v) is 5.81. The van der Waals surface area contributed by atoms with Crippen LogP contribution in [0.1, 0.15) is 22.0 Å². The topological polar surface area (TPSA) is 55.1 Å². The smallest absolute Gasteiger partial charge is 0.438 e. The van der Waals surface area contributed by atoms with Crippen LogP contribution in [0, 0.1) is 30.2 Å². The molecule has 0 aliphatic rings. The second-order valence-electron chi connectivity index (χ2n) is 5.81. The largest absolute Gasteiger partial charge is 0.468 e. The van der Waals surface area contributed by atoms with E-state index in [1.165, 1.54) is 0 Å². The molecule has 29 heavy (non-hydrogen) atoms. The Hall–Kier alpha value is -3.37. The van der Waals surface area contributed by atoms with Gasteiger partial charge in [0.25, 0.3) is 5.91 Å². The molecule has 3 aromatic rings. The second kappa shape index (κ2) is 7.22. The van der Waals surface area contributed by atoms with E-state index in [-0.39, 0.29) is 17.0 Å². The van der Waals surface area contributed by atoms with Gasteiger partial charge in [-0.2, -0.15) is 13.2 Å². The predicted octanol–water partition coefficient (Wildman–Crippen LogP) is 5.48. The monoisotopic (exact) mass is 418 g/mol. The van der Waals surface area contributed by atoms with Crippen LogP contribution in [-0.4, -0.2) is 10.9 Å². The van der Waals surface area contributed by atoms with Crippen LogP contribution in [0.4, 0.5) is 36.4 Å². The number of nitrogens with zero attached hydrogens (tertiary/aromatic N) is 1. The number of benzene rings is 2. The molecule has 0 bridgehead atoms. The van der Waals surface area contributed by atoms with E-state index in [0.717, 1.165) is 19.1 Å². The van der Waals surface area contributed by atoms with Crippen LogP contribution in [0.25, 0.3) is 11.3 Å². The lowest BCUT2D eigenvalue weighted by molar-refractivity contribution is -0.157. The molecule has 1 heterocycles. The molecule has 1 amide bonds. The van der Waals surface area contributed by atoms with Crippen molar-refractivity contribution in [3.63, 3.8) is 0 Å². The van der Waals surface area contributed by atoms with Gasteiger partial charge in [-0.25, -0.2) is 22.5 Å². The molecule has 0 radical (unpaired) electrons. The van der Waals surface area contributed by atoms with Crippen LogP contribution in [-0.2, 0) is 6.18 Å². The van der Waals surface area contributed by atoms with Crippen LogP contribution in [0.2, 0.25) is 0 Å². The van der Waals surface area contributed by atoms with E-state index < -0.39 is 52.5 Å². The number of oxazole rings is 1. The number of nitrogens with one attached hydrogen (secondary N) is 1. The summed E-state index contributed by atoms with van der Waals surface area (Å²) in [5.41, 5.74) is -2.09. The van der Waals surface area contributed by atoms with Crippen molar-refractivity contribution in [1.82, 2.24) is 4.98 Å². The third-order valence-electron chi connectivity index (χ3n) is 3.76. The van der Waals surface area contributed by atoms with Crippen molar-refractivity contribution >= 4 is 11.6 Å². The third-order valence-corrected chi connectivity index (χ3v) is 3.76. The maximum atomic E-state index is 14.4. The van der Waals surface area contributed by atoms with Gasteiger partial charge in [0.05, 0.1) is 0 Å². The summed E-state index contributed by atoms with van der Waals surface area (Å²) in [5.74, 6) is -8.39. The molecule has 0 fully saturated rings. The Kier molecular flexibility index (Phi) is 5.07. The summed E-state index contributed by atoms with van der Waals surface area (Å²) >= 11 is 0. The SMILES string of the molecule is Cc1oc(C(F)(F)F)nc1-c1ccc(NC(=O)c2c(F)cc(F)cc2F)cc1F. The van der Waals surface area contributed by atoms with Gasteiger partial charge in [-0.05, 0) is 25.1 Å². The molecule has 0 aliphatic carbocycles. The zero-order valence-corrected chi connectivity index (χ0v) is 14.3. The first-order valence-electron chi connectivity index (χ1n) is 7.78. The highest BCUT2D eigenvalue weighted by Gasteiger charge is 2.38. The maximum Gasteiger partial charge on any atom is 0.468 e. The zero-order chi connectivity index (χ0) is 21.5. The molecule has 0 aliphatic heterocycles. The van der Waals surface area contributed by atoms with Crippen molar-refractivity contribution in [2.75, 3.05) is 5.32 Å². The zero-order valence-electron chi connectivity index (χ0n) is 14.3. The lowest BCUT2D eigenvalue weighted by Crippen LogP contribution is -2.16. The number of aromatic nitrogens is 1. The molecule has 2 aromatic carbocycles. The molecule has 3 rings (SSSR count). The average Bonchev–Trinajstić information content (AvgIpc) is 2.96. The molecule has 0 atom stereocenters. The van der Waals surface area contributed by atoms with Crippen molar-refractivity contribution in [3.05, 3.63) is 70.8 Å². The Morgan fingerprint density at radius 2 is 1.62 bits per heavy atom. The summed E-state index contributed by atoms with van der Waals surface area (Å²) in [5, 5.41) is 2.02. The lowest BCUT2D eigenvalue weighted by Gasteiger charge is -2.09. The minimum atomic E-state index is -4.86. The number of hydrogen-bond acceptors (Lipinski definition) is 3. The molecule has 1 aromatic heterocycles. The molecule has 0 unspecified atom stereocenters. The van der Waals surface area contributed by atoms with E-state index in [4.69, 9.17) is 0 Å². The van der Waals surface area contributed by atoms with E-state index in [9.17, 15) is 35.5 Å². The third kappa shape index (κ3) is 4.08. The van der Waals surface area contributed by atoms with Gasteiger partial charge in [0, 0.05) is 23.4 Å². The lowest BCUT2D eigenvalue weighted by atomic mass is 10.1. The van der Waals surface area contributed by atoms with Crippen LogP contribution in [0.5, 0.6) is 0 Å². The molecule has 0 saturated carbocycles. The highest BCUT2D eigenvalue weighted by atomic mass is 19.4. The number of halogens is 7. The van der Waals surface area contributed by atoms with Crippen LogP contribution in [0.3, 0.4) is 0 Å². The quantitative estimate of drug-likeness (QED) is 0.574. The Bertz CT molecular complexity index is 1080. The Labute approximate surface area is 158 Å². The Morgan fingerprint density at radius 3 is 2.14 bits per heavy atom. The van der Waals surface area contributed by atoms with Crippen molar-refractivity contribution in [3.8, 4) is 11.3 Å². The number of aryl methyl sites for hydroxylation is 1. The molecular formula is C18H9F7N2O2. The Morgan fingerprint density at radius 1 is 1.00 bits per heavy atom. The van der Waals surface area contributed by atoms with Crippen molar-refractivity contribution < 1.29 is 39.9 Å². The van der Waals surface area contributed by atoms with Gasteiger partial charge in [0.15, 0.2) is 0 Å². The van der Waals surface area contributed by atoms with E-state index >= 15 is 0 Å². The normalized spacial score (nSPS) is 11.6. The fourth-order valence-corrected chi connectivity index (χ4v) is 2.51. The number of carbonyl (C=O) groups is 1. The van der Waals surface area contributed by atoms with Gasteiger partial charge >= 0.3 is 12.1 Å². The molecule has 1 N–H and O–H groups in total. The highest BCUT2D eigenvalue weighted by molar-refractivity contribution is 6.04. The van der Waals surface area contributed by atoms with Gasteiger partial charge < -0.3 is 9.73 Å². The van der Waals surface area contributed by atoms with Gasteiger partial charge in [0.2, 0.25) is 0 Å². The number of amides is 1. The number of anilines is 1. The van der Waals surface area contributed by atoms with Gasteiger partial charge in [0.1, 0.15) is 40.3 Å². The Balaban J connectivity index is 1.89. The van der Waals surface area contributed by atoms with Crippen molar-refractivity contribution in [2.45, 2.75) is 13.1 Å². The van der Waals surface area contributed by atoms with Gasteiger partial charge in [-0.15, -0.1) is 0 Å². The highest BCUT2D eigenvalue weighted by Crippen LogP contribution is 2.34. The van der Waals surface area contributed by atoms with E-state index in [0.29, 0.717) is 18.2 Å². The van der Waals surface area contributed by atoms with Crippen LogP contribution < -0.4 is 5.32 Å². The van der Waals surface area contributed by atoms with E-state index in [2.05, 4.69) is 9.40 Å². The standard InChI is InChI=1S/C18H9F7N2O2/c1-7-15(27-17(29-7)18(23,24)25)10-3-2-9(6-11(10)20)26-16(28)14-12(21)4-8(19)5-13(14)22/h2-6H,1H3,(H,26,28). The summed E-state index contributed by atoms with van der Waals surface area (Å²) in [6, 6.07) is 3.40. The average molecular weight is 418 g/mol. The number of alkyl halides is 3. The first-order chi connectivity index (χ1) is 13.5. The minimum absolute atomic E-state index is 0.253.